The lowest BCUT2D eigenvalue weighted by Crippen LogP contribution is -2.45. The lowest BCUT2D eigenvalue weighted by atomic mass is 9.92. The van der Waals surface area contributed by atoms with E-state index in [-0.39, 0.29) is 23.8 Å². The molecule has 0 bridgehead atoms. The van der Waals surface area contributed by atoms with Gasteiger partial charge in [0.25, 0.3) is 5.91 Å². The predicted molar refractivity (Wildman–Crippen MR) is 146 cm³/mol. The third kappa shape index (κ3) is 4.71. The number of anilines is 2. The standard InChI is InChI=1S/C29H31N7O2/c1-18-5-8-22(17-36(18)24(37)16-19-6-7-19)28-34-25(26-27(30)32-14-15-35(26)28)20-9-11-21(12-10-20)29(38)33-23-4-2-3-13-31-23/h2-4,9-15,18-19,22H,5-8,16-17H2,1H3,(H2,30,32)(H,31,33,38)/t18?,22-/m1/s1. The van der Waals surface area contributed by atoms with E-state index in [1.54, 1.807) is 36.7 Å². The van der Waals surface area contributed by atoms with Crippen molar-refractivity contribution in [1.29, 1.82) is 0 Å². The molecular weight excluding hydrogens is 478 g/mol. The van der Waals surface area contributed by atoms with Gasteiger partial charge in [0.15, 0.2) is 0 Å². The number of nitrogens with zero attached hydrogens (tertiary/aromatic N) is 5. The van der Waals surface area contributed by atoms with Crippen molar-refractivity contribution >= 4 is 29.0 Å². The van der Waals surface area contributed by atoms with Gasteiger partial charge in [-0.15, -0.1) is 0 Å². The molecule has 1 saturated heterocycles. The highest BCUT2D eigenvalue weighted by Gasteiger charge is 2.35. The number of carbonyl (C=O) groups excluding carboxylic acids is 2. The van der Waals surface area contributed by atoms with Gasteiger partial charge in [-0.25, -0.2) is 15.0 Å². The number of rotatable bonds is 6. The molecule has 2 aliphatic rings. The molecule has 1 aliphatic heterocycles. The largest absolute Gasteiger partial charge is 0.382 e. The predicted octanol–water partition coefficient (Wildman–Crippen LogP) is 4.52. The van der Waals surface area contributed by atoms with E-state index in [4.69, 9.17) is 10.7 Å². The molecule has 2 fully saturated rings. The fourth-order valence-electron chi connectivity index (χ4n) is 5.33. The zero-order valence-electron chi connectivity index (χ0n) is 21.4. The number of nitrogens with two attached hydrogens (primary N) is 1. The molecule has 2 amide bonds. The van der Waals surface area contributed by atoms with Crippen LogP contribution in [0, 0.1) is 5.92 Å². The van der Waals surface area contributed by atoms with Crippen molar-refractivity contribution in [1.82, 2.24) is 24.3 Å². The molecule has 2 atom stereocenters. The van der Waals surface area contributed by atoms with Gasteiger partial charge in [0.05, 0.1) is 0 Å². The Labute approximate surface area is 221 Å². The maximum absolute atomic E-state index is 13.0. The summed E-state index contributed by atoms with van der Waals surface area (Å²) in [6.07, 6.45) is 10.1. The molecule has 6 rings (SSSR count). The molecule has 1 saturated carbocycles. The summed E-state index contributed by atoms with van der Waals surface area (Å²) in [4.78, 5) is 41.3. The zero-order valence-corrected chi connectivity index (χ0v) is 21.4. The average molecular weight is 510 g/mol. The molecule has 0 radical (unpaired) electrons. The molecule has 3 N–H and O–H groups in total. The number of nitrogens with one attached hydrogen (secondary N) is 1. The Bertz CT molecular complexity index is 1480. The summed E-state index contributed by atoms with van der Waals surface area (Å²) >= 11 is 0. The summed E-state index contributed by atoms with van der Waals surface area (Å²) in [7, 11) is 0. The minimum absolute atomic E-state index is 0.0980. The van der Waals surface area contributed by atoms with Gasteiger partial charge in [0.1, 0.15) is 28.7 Å². The van der Waals surface area contributed by atoms with Crippen molar-refractivity contribution in [3.05, 3.63) is 72.4 Å². The van der Waals surface area contributed by atoms with Crippen LogP contribution in [0.5, 0.6) is 0 Å². The van der Waals surface area contributed by atoms with Crippen molar-refractivity contribution < 1.29 is 9.59 Å². The van der Waals surface area contributed by atoms with E-state index in [0.717, 1.165) is 35.4 Å². The number of amides is 2. The molecule has 1 unspecified atom stereocenters. The highest BCUT2D eigenvalue weighted by Crippen LogP contribution is 2.37. The third-order valence-corrected chi connectivity index (χ3v) is 7.67. The molecule has 0 spiro atoms. The minimum Gasteiger partial charge on any atom is -0.382 e. The van der Waals surface area contributed by atoms with E-state index >= 15 is 0 Å². The van der Waals surface area contributed by atoms with Gasteiger partial charge in [-0.05, 0) is 62.8 Å². The van der Waals surface area contributed by atoms with Gasteiger partial charge < -0.3 is 16.0 Å². The van der Waals surface area contributed by atoms with Gasteiger partial charge >= 0.3 is 0 Å². The number of likely N-dealkylation sites (tertiary alicyclic amines) is 1. The molecular formula is C29H31N7O2. The highest BCUT2D eigenvalue weighted by atomic mass is 16.2. The summed E-state index contributed by atoms with van der Waals surface area (Å²) in [6.45, 7) is 2.80. The maximum Gasteiger partial charge on any atom is 0.256 e. The van der Waals surface area contributed by atoms with Crippen LogP contribution in [0.3, 0.4) is 0 Å². The SMILES string of the molecule is CC1CC[C@@H](c2nc(-c3ccc(C(=O)Nc4ccccn4)cc3)c3c(N)nccn23)CN1C(=O)CC1CC1. The van der Waals surface area contributed by atoms with Crippen LogP contribution in [0.15, 0.2) is 61.1 Å². The number of hydrogen-bond acceptors (Lipinski definition) is 6. The maximum atomic E-state index is 13.0. The Balaban J connectivity index is 1.29. The fraction of sp³-hybridized carbons (Fsp3) is 0.345. The van der Waals surface area contributed by atoms with E-state index in [9.17, 15) is 9.59 Å². The van der Waals surface area contributed by atoms with E-state index in [1.165, 1.54) is 12.8 Å². The van der Waals surface area contributed by atoms with Crippen molar-refractivity contribution in [3.8, 4) is 11.3 Å². The van der Waals surface area contributed by atoms with E-state index in [0.29, 0.717) is 36.1 Å². The first-order valence-corrected chi connectivity index (χ1v) is 13.2. The molecule has 4 heterocycles. The summed E-state index contributed by atoms with van der Waals surface area (Å²) in [6, 6.07) is 12.9. The van der Waals surface area contributed by atoms with Crippen LogP contribution in [0.4, 0.5) is 11.6 Å². The summed E-state index contributed by atoms with van der Waals surface area (Å²) in [5, 5.41) is 2.80. The monoisotopic (exact) mass is 509 g/mol. The lowest BCUT2D eigenvalue weighted by molar-refractivity contribution is -0.135. The number of pyridine rings is 1. The molecule has 9 nitrogen and oxygen atoms in total. The van der Waals surface area contributed by atoms with E-state index in [2.05, 4.69) is 22.2 Å². The second-order valence-corrected chi connectivity index (χ2v) is 10.4. The van der Waals surface area contributed by atoms with Crippen LogP contribution in [-0.4, -0.2) is 48.7 Å². The topological polar surface area (TPSA) is 119 Å². The summed E-state index contributed by atoms with van der Waals surface area (Å²) < 4.78 is 2.02. The third-order valence-electron chi connectivity index (χ3n) is 7.67. The van der Waals surface area contributed by atoms with Crippen LogP contribution in [-0.2, 0) is 4.79 Å². The molecule has 9 heteroatoms. The van der Waals surface area contributed by atoms with Gasteiger partial charge in [0, 0.05) is 54.6 Å². The van der Waals surface area contributed by atoms with Crippen molar-refractivity contribution in [2.24, 2.45) is 5.92 Å². The number of aromatic nitrogens is 4. The number of piperidine rings is 1. The molecule has 3 aromatic heterocycles. The van der Waals surface area contributed by atoms with Gasteiger partial charge in [-0.2, -0.15) is 0 Å². The average Bonchev–Trinajstić information content (AvgIpc) is 3.66. The molecule has 4 aromatic rings. The first kappa shape index (κ1) is 24.1. The van der Waals surface area contributed by atoms with Crippen LogP contribution >= 0.6 is 0 Å². The van der Waals surface area contributed by atoms with Crippen LogP contribution in [0.2, 0.25) is 0 Å². The minimum atomic E-state index is -0.237. The first-order valence-electron chi connectivity index (χ1n) is 13.2. The van der Waals surface area contributed by atoms with Crippen molar-refractivity contribution in [3.63, 3.8) is 0 Å². The van der Waals surface area contributed by atoms with Crippen LogP contribution in [0.25, 0.3) is 16.8 Å². The van der Waals surface area contributed by atoms with Crippen LogP contribution in [0.1, 0.15) is 61.1 Å². The number of carbonyl (C=O) groups is 2. The molecule has 1 aliphatic carbocycles. The van der Waals surface area contributed by atoms with E-state index in [1.807, 2.05) is 33.7 Å². The van der Waals surface area contributed by atoms with Crippen molar-refractivity contribution in [2.75, 3.05) is 17.6 Å². The number of nitrogen functional groups attached to an aromatic ring is 1. The normalized spacial score (nSPS) is 19.4. The summed E-state index contributed by atoms with van der Waals surface area (Å²) in [5.41, 5.74) is 9.17. The van der Waals surface area contributed by atoms with Gasteiger partial charge in [0.2, 0.25) is 5.91 Å². The smallest absolute Gasteiger partial charge is 0.256 e. The molecule has 194 valence electrons. The van der Waals surface area contributed by atoms with Gasteiger partial charge in [-0.1, -0.05) is 18.2 Å². The highest BCUT2D eigenvalue weighted by molar-refractivity contribution is 6.04. The molecule has 1 aromatic carbocycles. The Hall–Kier alpha value is -4.27. The van der Waals surface area contributed by atoms with Crippen LogP contribution < -0.4 is 11.1 Å². The Kier molecular flexibility index (Phi) is 6.27. The number of fused-ring (bicyclic) bond motifs is 1. The lowest BCUT2D eigenvalue weighted by Gasteiger charge is -2.37. The quantitative estimate of drug-likeness (QED) is 0.395. The first-order chi connectivity index (χ1) is 18.5. The number of imidazole rings is 1. The second-order valence-electron chi connectivity index (χ2n) is 10.4. The summed E-state index contributed by atoms with van der Waals surface area (Å²) in [5.74, 6) is 2.46. The molecule has 38 heavy (non-hydrogen) atoms. The Morgan fingerprint density at radius 2 is 1.84 bits per heavy atom. The number of hydrogen-bond donors (Lipinski definition) is 2. The zero-order chi connectivity index (χ0) is 26.2. The Morgan fingerprint density at radius 1 is 1.03 bits per heavy atom. The van der Waals surface area contributed by atoms with E-state index < -0.39 is 0 Å². The number of benzene rings is 1. The second kappa shape index (κ2) is 9.89. The van der Waals surface area contributed by atoms with Crippen molar-refractivity contribution in [2.45, 2.75) is 51.0 Å². The van der Waals surface area contributed by atoms with Gasteiger partial charge in [-0.3, -0.25) is 14.0 Å². The fourth-order valence-corrected chi connectivity index (χ4v) is 5.33. The Morgan fingerprint density at radius 3 is 2.58 bits per heavy atom.